The van der Waals surface area contributed by atoms with Crippen molar-refractivity contribution in [2.75, 3.05) is 13.1 Å². The maximum absolute atomic E-state index is 12.2. The summed E-state index contributed by atoms with van der Waals surface area (Å²) in [7, 11) is 0. The molecule has 1 aliphatic carbocycles. The minimum absolute atomic E-state index is 0.000489. The van der Waals surface area contributed by atoms with Gasteiger partial charge in [0.15, 0.2) is 0 Å². The van der Waals surface area contributed by atoms with E-state index in [1.54, 1.807) is 4.90 Å². The molecule has 2 aliphatic rings. The fourth-order valence-electron chi connectivity index (χ4n) is 3.08. The van der Waals surface area contributed by atoms with Crippen LogP contribution in [0, 0.1) is 5.92 Å². The van der Waals surface area contributed by atoms with Crippen molar-refractivity contribution in [3.05, 3.63) is 0 Å². The second-order valence-corrected chi connectivity index (χ2v) is 5.61. The van der Waals surface area contributed by atoms with Gasteiger partial charge in [-0.2, -0.15) is 0 Å². The molecule has 0 bridgehead atoms. The van der Waals surface area contributed by atoms with Crippen LogP contribution in [0.4, 0.5) is 0 Å². The molecule has 1 atom stereocenters. The average Bonchev–Trinajstić information content (AvgIpc) is 2.85. The van der Waals surface area contributed by atoms with Crippen LogP contribution >= 0.6 is 0 Å². The van der Waals surface area contributed by atoms with Gasteiger partial charge in [0.1, 0.15) is 6.04 Å². The van der Waals surface area contributed by atoms with Gasteiger partial charge in [-0.25, -0.2) is 0 Å². The van der Waals surface area contributed by atoms with Crippen molar-refractivity contribution in [2.24, 2.45) is 5.92 Å². The summed E-state index contributed by atoms with van der Waals surface area (Å²) >= 11 is 0. The van der Waals surface area contributed by atoms with Gasteiger partial charge in [0.2, 0.25) is 11.8 Å². The summed E-state index contributed by atoms with van der Waals surface area (Å²) in [4.78, 5) is 25.5. The number of piperazine rings is 1. The van der Waals surface area contributed by atoms with Crippen LogP contribution in [-0.2, 0) is 9.59 Å². The van der Waals surface area contributed by atoms with E-state index >= 15 is 0 Å². The van der Waals surface area contributed by atoms with E-state index in [1.807, 2.05) is 6.92 Å². The summed E-state index contributed by atoms with van der Waals surface area (Å²) < 4.78 is 0. The Morgan fingerprint density at radius 3 is 2.61 bits per heavy atom. The van der Waals surface area contributed by atoms with E-state index in [-0.39, 0.29) is 24.4 Å². The Balaban J connectivity index is 1.85. The number of nitrogens with zero attached hydrogens (tertiary/aromatic N) is 1. The quantitative estimate of drug-likeness (QED) is 0.809. The third kappa shape index (κ3) is 3.24. The lowest BCUT2D eigenvalue weighted by Crippen LogP contribution is -2.58. The molecule has 4 heteroatoms. The molecule has 0 aromatic rings. The van der Waals surface area contributed by atoms with Crippen LogP contribution in [0.3, 0.4) is 0 Å². The highest BCUT2D eigenvalue weighted by molar-refractivity contribution is 5.94. The Morgan fingerprint density at radius 2 is 1.94 bits per heavy atom. The molecule has 0 aromatic heterocycles. The lowest BCUT2D eigenvalue weighted by molar-refractivity contribution is -0.144. The summed E-state index contributed by atoms with van der Waals surface area (Å²) in [5.41, 5.74) is 0. The molecule has 4 nitrogen and oxygen atoms in total. The zero-order valence-corrected chi connectivity index (χ0v) is 11.3. The van der Waals surface area contributed by atoms with E-state index in [9.17, 15) is 9.59 Å². The van der Waals surface area contributed by atoms with Crippen LogP contribution in [0.25, 0.3) is 0 Å². The summed E-state index contributed by atoms with van der Waals surface area (Å²) in [5.74, 6) is 0.890. The molecule has 1 aliphatic heterocycles. The van der Waals surface area contributed by atoms with Gasteiger partial charge < -0.3 is 10.2 Å². The molecule has 1 saturated heterocycles. The summed E-state index contributed by atoms with van der Waals surface area (Å²) in [5, 5.41) is 2.79. The minimum atomic E-state index is -0.278. The largest absolute Gasteiger partial charge is 0.343 e. The van der Waals surface area contributed by atoms with Gasteiger partial charge in [-0.3, -0.25) is 9.59 Å². The molecule has 0 spiro atoms. The molecule has 1 unspecified atom stereocenters. The van der Waals surface area contributed by atoms with Crippen molar-refractivity contribution in [1.29, 1.82) is 0 Å². The monoisotopic (exact) mass is 252 g/mol. The number of hydrogen-bond acceptors (Lipinski definition) is 2. The number of hydrogen-bond donors (Lipinski definition) is 1. The molecule has 1 N–H and O–H groups in total. The highest BCUT2D eigenvalue weighted by atomic mass is 16.2. The van der Waals surface area contributed by atoms with Crippen LogP contribution in [0.5, 0.6) is 0 Å². The van der Waals surface area contributed by atoms with Crippen molar-refractivity contribution in [3.8, 4) is 0 Å². The van der Waals surface area contributed by atoms with Crippen LogP contribution in [0.15, 0.2) is 0 Å². The van der Waals surface area contributed by atoms with Crippen LogP contribution in [0.2, 0.25) is 0 Å². The fraction of sp³-hybridized carbons (Fsp3) is 0.857. The maximum Gasteiger partial charge on any atom is 0.245 e. The van der Waals surface area contributed by atoms with Crippen molar-refractivity contribution in [3.63, 3.8) is 0 Å². The molecule has 2 amide bonds. The normalized spacial score (nSPS) is 25.6. The Labute approximate surface area is 109 Å². The summed E-state index contributed by atoms with van der Waals surface area (Å²) in [6.45, 7) is 3.06. The molecule has 2 rings (SSSR count). The van der Waals surface area contributed by atoms with Gasteiger partial charge >= 0.3 is 0 Å². The first kappa shape index (κ1) is 13.4. The predicted octanol–water partition coefficient (Wildman–Crippen LogP) is 1.69. The summed E-state index contributed by atoms with van der Waals surface area (Å²) in [6.07, 6.45) is 8.00. The molecular formula is C14H24N2O2. The highest BCUT2D eigenvalue weighted by Crippen LogP contribution is 2.27. The van der Waals surface area contributed by atoms with Crippen LogP contribution in [0.1, 0.15) is 51.9 Å². The van der Waals surface area contributed by atoms with Crippen LogP contribution in [-0.4, -0.2) is 35.8 Å². The van der Waals surface area contributed by atoms with Gasteiger partial charge in [0, 0.05) is 6.54 Å². The second-order valence-electron chi connectivity index (χ2n) is 5.61. The number of amides is 2. The highest BCUT2D eigenvalue weighted by Gasteiger charge is 2.32. The van der Waals surface area contributed by atoms with E-state index in [0.717, 1.165) is 31.7 Å². The number of nitrogens with one attached hydrogen (secondary N) is 1. The Hall–Kier alpha value is -1.06. The first-order valence-corrected chi connectivity index (χ1v) is 7.29. The first-order valence-electron chi connectivity index (χ1n) is 7.29. The molecule has 0 aromatic carbocycles. The fourth-order valence-corrected chi connectivity index (χ4v) is 3.08. The number of carbonyl (C=O) groups excluding carboxylic acids is 2. The van der Waals surface area contributed by atoms with Gasteiger partial charge in [-0.1, -0.05) is 39.0 Å². The van der Waals surface area contributed by atoms with Gasteiger partial charge in [0.05, 0.1) is 6.54 Å². The third-order valence-electron chi connectivity index (χ3n) is 4.14. The third-order valence-corrected chi connectivity index (χ3v) is 4.14. The van der Waals surface area contributed by atoms with Gasteiger partial charge in [-0.05, 0) is 18.8 Å². The zero-order chi connectivity index (χ0) is 13.0. The van der Waals surface area contributed by atoms with E-state index in [4.69, 9.17) is 0 Å². The molecule has 102 valence electrons. The van der Waals surface area contributed by atoms with E-state index < -0.39 is 0 Å². The van der Waals surface area contributed by atoms with Gasteiger partial charge in [0.25, 0.3) is 0 Å². The summed E-state index contributed by atoms with van der Waals surface area (Å²) in [6, 6.07) is -0.278. The van der Waals surface area contributed by atoms with Crippen molar-refractivity contribution in [1.82, 2.24) is 10.2 Å². The van der Waals surface area contributed by atoms with E-state index in [0.29, 0.717) is 0 Å². The van der Waals surface area contributed by atoms with Crippen molar-refractivity contribution < 1.29 is 9.59 Å². The van der Waals surface area contributed by atoms with Crippen molar-refractivity contribution >= 4 is 11.8 Å². The molecule has 18 heavy (non-hydrogen) atoms. The van der Waals surface area contributed by atoms with Crippen molar-refractivity contribution in [2.45, 2.75) is 57.9 Å². The predicted molar refractivity (Wildman–Crippen MR) is 70.0 cm³/mol. The minimum Gasteiger partial charge on any atom is -0.343 e. The second kappa shape index (κ2) is 6.21. The Bertz CT molecular complexity index is 311. The topological polar surface area (TPSA) is 49.4 Å². The Morgan fingerprint density at radius 1 is 1.22 bits per heavy atom. The maximum atomic E-state index is 12.2. The molecule has 2 fully saturated rings. The lowest BCUT2D eigenvalue weighted by atomic mass is 10.0. The average molecular weight is 252 g/mol. The van der Waals surface area contributed by atoms with Crippen LogP contribution < -0.4 is 5.32 Å². The number of carbonyl (C=O) groups is 2. The lowest BCUT2D eigenvalue weighted by Gasteiger charge is -2.33. The van der Waals surface area contributed by atoms with E-state index in [2.05, 4.69) is 5.32 Å². The Kier molecular flexibility index (Phi) is 4.61. The zero-order valence-electron chi connectivity index (χ0n) is 11.3. The molecule has 1 heterocycles. The molecule has 0 radical (unpaired) electrons. The van der Waals surface area contributed by atoms with Gasteiger partial charge in [-0.15, -0.1) is 0 Å². The SMILES string of the molecule is CCCC1NC(=O)CN(CCC2CCCC2)C1=O. The molecular weight excluding hydrogens is 228 g/mol. The first-order chi connectivity index (χ1) is 8.70. The smallest absolute Gasteiger partial charge is 0.245 e. The standard InChI is InChI=1S/C14H24N2O2/c1-2-5-12-14(18)16(10-13(17)15-12)9-8-11-6-3-4-7-11/h11-12H,2-10H2,1H3,(H,15,17). The molecule has 1 saturated carbocycles. The number of rotatable bonds is 5. The van der Waals surface area contributed by atoms with E-state index in [1.165, 1.54) is 25.7 Å².